The fourth-order valence-electron chi connectivity index (χ4n) is 3.84. The van der Waals surface area contributed by atoms with Gasteiger partial charge in [0.25, 0.3) is 5.89 Å². The number of aliphatic carboxylic acids is 2. The molecule has 0 radical (unpaired) electrons. The fraction of sp³-hybridized carbons (Fsp3) is 0.240. The molecule has 2 atom stereocenters. The van der Waals surface area contributed by atoms with Crippen molar-refractivity contribution < 1.29 is 65.0 Å². The molecule has 0 saturated carbocycles. The van der Waals surface area contributed by atoms with Gasteiger partial charge in [-0.1, -0.05) is 52.8 Å². The van der Waals surface area contributed by atoms with Gasteiger partial charge in [0.1, 0.15) is 29.7 Å². The van der Waals surface area contributed by atoms with Gasteiger partial charge < -0.3 is 29.1 Å². The molecule has 0 aliphatic carbocycles. The number of fused-ring (bicyclic) bond motifs is 1. The van der Waals surface area contributed by atoms with Gasteiger partial charge in [-0.05, 0) is 6.07 Å². The zero-order valence-corrected chi connectivity index (χ0v) is 21.2. The Labute approximate surface area is 235 Å². The maximum atomic E-state index is 13.9. The van der Waals surface area contributed by atoms with E-state index in [4.69, 9.17) is 28.8 Å². The molecule has 4 aromatic rings. The number of carbonyl (C=O) groups is 2. The Morgan fingerprint density at radius 2 is 1.63 bits per heavy atom. The lowest BCUT2D eigenvalue weighted by Gasteiger charge is -2.30. The van der Waals surface area contributed by atoms with Crippen LogP contribution < -0.4 is 10.1 Å². The first-order valence-electron chi connectivity index (χ1n) is 11.8. The van der Waals surface area contributed by atoms with Gasteiger partial charge in [-0.2, -0.15) is 31.3 Å². The topological polar surface area (TPSA) is 181 Å². The molecule has 43 heavy (non-hydrogen) atoms. The number of aliphatic hydroxyl groups is 1. The van der Waals surface area contributed by atoms with E-state index >= 15 is 0 Å². The molecule has 1 aliphatic heterocycles. The van der Waals surface area contributed by atoms with E-state index in [9.17, 15) is 36.2 Å². The molecule has 0 fully saturated rings. The number of aliphatic hydroxyl groups excluding tert-OH is 1. The molecule has 5 rings (SSSR count). The first-order chi connectivity index (χ1) is 20.2. The lowest BCUT2D eigenvalue weighted by Crippen LogP contribution is -2.44. The van der Waals surface area contributed by atoms with Gasteiger partial charge in [-0.15, -0.1) is 0 Å². The van der Waals surface area contributed by atoms with Gasteiger partial charge in [0.2, 0.25) is 11.6 Å². The minimum absolute atomic E-state index is 0.00232. The molecule has 0 spiro atoms. The number of benzene rings is 2. The number of aromatic nitrogens is 3. The number of carboxylic acid groups (broad SMARTS) is 2. The van der Waals surface area contributed by atoms with Crippen LogP contribution in [0, 0.1) is 0 Å². The molecule has 4 N–H and O–H groups in total. The second kappa shape index (κ2) is 12.1. The average molecular weight is 616 g/mol. The third-order valence-corrected chi connectivity index (χ3v) is 5.79. The number of ether oxygens (including phenoxy) is 1. The van der Waals surface area contributed by atoms with Gasteiger partial charge in [0, 0.05) is 16.7 Å². The van der Waals surface area contributed by atoms with Gasteiger partial charge in [0.05, 0.1) is 12.6 Å². The van der Waals surface area contributed by atoms with E-state index in [1.807, 2.05) is 0 Å². The van der Waals surface area contributed by atoms with Crippen LogP contribution in [0.2, 0.25) is 0 Å². The van der Waals surface area contributed by atoms with E-state index in [0.29, 0.717) is 16.9 Å². The lowest BCUT2D eigenvalue weighted by atomic mass is 9.97. The van der Waals surface area contributed by atoms with E-state index in [1.165, 1.54) is 30.3 Å². The third-order valence-electron chi connectivity index (χ3n) is 5.79. The van der Waals surface area contributed by atoms with Crippen molar-refractivity contribution in [3.63, 3.8) is 0 Å². The third kappa shape index (κ3) is 7.09. The number of halogens is 6. The molecule has 12 nitrogen and oxygen atoms in total. The second-order valence-corrected chi connectivity index (χ2v) is 8.71. The number of rotatable bonds is 6. The summed E-state index contributed by atoms with van der Waals surface area (Å²) >= 11 is 0. The molecule has 0 amide bonds. The Balaban J connectivity index is 0.000000541. The number of hydrogen-bond acceptors (Lipinski definition) is 10. The van der Waals surface area contributed by atoms with E-state index in [-0.39, 0.29) is 24.5 Å². The van der Waals surface area contributed by atoms with Crippen LogP contribution in [0.25, 0.3) is 34.3 Å². The highest BCUT2D eigenvalue weighted by Crippen LogP contribution is 2.43. The summed E-state index contributed by atoms with van der Waals surface area (Å²) in [5.74, 6) is -4.80. The van der Waals surface area contributed by atoms with Crippen LogP contribution in [0.3, 0.4) is 0 Å². The van der Waals surface area contributed by atoms with Crippen molar-refractivity contribution in [1.82, 2.24) is 20.6 Å². The molecule has 0 bridgehead atoms. The van der Waals surface area contributed by atoms with Crippen LogP contribution in [-0.4, -0.2) is 67.9 Å². The number of alkyl halides is 6. The van der Waals surface area contributed by atoms with Crippen LogP contribution in [-0.2, 0) is 15.8 Å². The molecular weight excluding hydrogens is 598 g/mol. The molecule has 1 aliphatic rings. The molecule has 18 heteroatoms. The summed E-state index contributed by atoms with van der Waals surface area (Å²) in [6, 6.07) is 11.7. The van der Waals surface area contributed by atoms with Crippen molar-refractivity contribution in [2.75, 3.05) is 13.2 Å². The molecule has 0 unspecified atom stereocenters. The number of hydrogen-bond donors (Lipinski definition) is 4. The highest BCUT2D eigenvalue weighted by atomic mass is 19.4. The van der Waals surface area contributed by atoms with Crippen molar-refractivity contribution in [3.8, 4) is 40.0 Å². The first kappa shape index (κ1) is 31.0. The molecule has 2 aromatic carbocycles. The van der Waals surface area contributed by atoms with Crippen molar-refractivity contribution in [2.24, 2.45) is 0 Å². The first-order valence-corrected chi connectivity index (χ1v) is 11.8. The zero-order valence-electron chi connectivity index (χ0n) is 21.2. The molecule has 3 heterocycles. The van der Waals surface area contributed by atoms with Gasteiger partial charge in [-0.3, -0.25) is 10.1 Å². The number of carboxylic acids is 2. The largest absolute Gasteiger partial charge is 0.491 e. The van der Waals surface area contributed by atoms with Gasteiger partial charge >= 0.3 is 24.3 Å². The summed E-state index contributed by atoms with van der Waals surface area (Å²) in [4.78, 5) is 23.7. The van der Waals surface area contributed by atoms with Crippen molar-refractivity contribution in [3.05, 3.63) is 59.7 Å². The monoisotopic (exact) mass is 616 g/mol. The second-order valence-electron chi connectivity index (χ2n) is 8.71. The Morgan fingerprint density at radius 3 is 2.23 bits per heavy atom. The van der Waals surface area contributed by atoms with Crippen LogP contribution in [0.15, 0.2) is 57.6 Å². The lowest BCUT2D eigenvalue weighted by molar-refractivity contribution is -0.192. The summed E-state index contributed by atoms with van der Waals surface area (Å²) in [7, 11) is 0. The van der Waals surface area contributed by atoms with Gasteiger partial charge in [0.15, 0.2) is 0 Å². The summed E-state index contributed by atoms with van der Waals surface area (Å²) in [6.45, 7) is -0.352. The SMILES string of the molecule is O=C(O)C(F)(F)F.O=C(O)CN[C@H]1COc2cc(-c3noc(-c4onc(-c5ccccc5)c4C(F)(F)F)n3)ccc2[C@H]1O. The molecule has 228 valence electrons. The Bertz CT molecular complexity index is 1600. The maximum absolute atomic E-state index is 13.9. The summed E-state index contributed by atoms with van der Waals surface area (Å²) < 4.78 is 89.2. The Hall–Kier alpha value is -4.97. The Morgan fingerprint density at radius 1 is 0.953 bits per heavy atom. The smallest absolute Gasteiger partial charge is 0.490 e. The average Bonchev–Trinajstić information content (AvgIpc) is 3.61. The summed E-state index contributed by atoms with van der Waals surface area (Å²) in [6.07, 6.45) is -10.9. The predicted octanol–water partition coefficient (Wildman–Crippen LogP) is 4.18. The Kier molecular flexibility index (Phi) is 8.72. The van der Waals surface area contributed by atoms with E-state index in [1.54, 1.807) is 18.2 Å². The van der Waals surface area contributed by atoms with Crippen LogP contribution in [0.1, 0.15) is 17.2 Å². The molecular formula is C25H18F6N4O8. The number of nitrogens with one attached hydrogen (secondary N) is 1. The van der Waals surface area contributed by atoms with Crippen LogP contribution in [0.5, 0.6) is 5.75 Å². The fourth-order valence-corrected chi connectivity index (χ4v) is 3.84. The van der Waals surface area contributed by atoms with Crippen molar-refractivity contribution >= 4 is 11.9 Å². The van der Waals surface area contributed by atoms with Crippen LogP contribution >= 0.6 is 0 Å². The zero-order chi connectivity index (χ0) is 31.5. The molecule has 0 saturated heterocycles. The predicted molar refractivity (Wildman–Crippen MR) is 129 cm³/mol. The molecule has 2 aromatic heterocycles. The van der Waals surface area contributed by atoms with Crippen molar-refractivity contribution in [2.45, 2.75) is 24.5 Å². The normalized spacial score (nSPS) is 16.4. The van der Waals surface area contributed by atoms with E-state index in [0.717, 1.165) is 0 Å². The van der Waals surface area contributed by atoms with E-state index in [2.05, 4.69) is 20.6 Å². The minimum Gasteiger partial charge on any atom is -0.491 e. The summed E-state index contributed by atoms with van der Waals surface area (Å²) in [5, 5.41) is 36.5. The van der Waals surface area contributed by atoms with Crippen LogP contribution in [0.4, 0.5) is 26.3 Å². The standard InChI is InChI=1S/C23H17F3N4O6.C2HF3O2/c24-23(25,26)17-18(11-4-2-1-3-5-11)29-35-20(17)22-28-21(30-36-22)12-6-7-13-15(8-12)34-10-14(19(13)33)27-9-16(31)32;3-2(4,5)1(6)7/h1-8,14,19,27,33H,9-10H2,(H,31,32);(H,6,7)/t14-,19+;/m0./s1. The van der Waals surface area contributed by atoms with E-state index < -0.39 is 59.3 Å². The summed E-state index contributed by atoms with van der Waals surface area (Å²) in [5.41, 5.74) is -0.579. The highest BCUT2D eigenvalue weighted by molar-refractivity contribution is 5.73. The van der Waals surface area contributed by atoms with Gasteiger partial charge in [-0.25, -0.2) is 4.79 Å². The number of nitrogens with zero attached hydrogens (tertiary/aromatic N) is 3. The highest BCUT2D eigenvalue weighted by Gasteiger charge is 2.43. The van der Waals surface area contributed by atoms with Crippen molar-refractivity contribution in [1.29, 1.82) is 0 Å². The maximum Gasteiger partial charge on any atom is 0.490 e. The quantitative estimate of drug-likeness (QED) is 0.227. The minimum atomic E-state index is -5.08.